The molecule has 0 spiro atoms. The van der Waals surface area contributed by atoms with Crippen molar-refractivity contribution in [3.8, 4) is 0 Å². The Balaban J connectivity index is 1.61. The molecule has 0 bridgehead atoms. The molecule has 2 aliphatic heterocycles. The molecule has 2 fully saturated rings. The van der Waals surface area contributed by atoms with Crippen LogP contribution < -0.4 is 0 Å². The lowest BCUT2D eigenvalue weighted by Crippen LogP contribution is -2.45. The molecule has 3 rings (SSSR count). The Kier molecular flexibility index (Phi) is 4.86. The van der Waals surface area contributed by atoms with E-state index in [1.165, 1.54) is 12.4 Å². The van der Waals surface area contributed by atoms with Crippen molar-refractivity contribution in [2.75, 3.05) is 26.2 Å². The van der Waals surface area contributed by atoms with E-state index in [4.69, 9.17) is 16.3 Å². The standard InChI is InChI=1S/C17H23ClN4O3/c1-17(2,3)25-16(24)21-5-4-11-8-22(10-12(11)9-21)15(23)13-6-20-14(18)7-19-13/h6-7,11-12H,4-5,8-10H2,1-3H3/t11-,12+/m1/s1. The lowest BCUT2D eigenvalue weighted by atomic mass is 9.89. The second-order valence-corrected chi connectivity index (χ2v) is 8.06. The van der Waals surface area contributed by atoms with Crippen molar-refractivity contribution in [2.45, 2.75) is 32.8 Å². The molecule has 0 radical (unpaired) electrons. The second-order valence-electron chi connectivity index (χ2n) is 7.67. The molecular formula is C17H23ClN4O3. The summed E-state index contributed by atoms with van der Waals surface area (Å²) in [6.07, 6.45) is 3.38. The Labute approximate surface area is 152 Å². The highest BCUT2D eigenvalue weighted by Crippen LogP contribution is 2.32. The van der Waals surface area contributed by atoms with E-state index in [9.17, 15) is 9.59 Å². The van der Waals surface area contributed by atoms with Crippen LogP contribution in [0.2, 0.25) is 5.15 Å². The molecular weight excluding hydrogens is 344 g/mol. The van der Waals surface area contributed by atoms with Crippen molar-refractivity contribution in [1.82, 2.24) is 19.8 Å². The third-order valence-electron chi connectivity index (χ3n) is 4.58. The molecule has 0 saturated carbocycles. The van der Waals surface area contributed by atoms with Crippen LogP contribution in [0.5, 0.6) is 0 Å². The Morgan fingerprint density at radius 1 is 1.12 bits per heavy atom. The number of likely N-dealkylation sites (tertiary alicyclic amines) is 2. The minimum atomic E-state index is -0.501. The number of carbonyl (C=O) groups excluding carboxylic acids is 2. The number of aromatic nitrogens is 2. The Bertz CT molecular complexity index is 659. The highest BCUT2D eigenvalue weighted by atomic mass is 35.5. The molecule has 0 N–H and O–H groups in total. The molecule has 0 aromatic carbocycles. The lowest BCUT2D eigenvalue weighted by molar-refractivity contribution is 0.0139. The van der Waals surface area contributed by atoms with Gasteiger partial charge in [0.15, 0.2) is 0 Å². The first-order valence-electron chi connectivity index (χ1n) is 8.47. The fourth-order valence-electron chi connectivity index (χ4n) is 3.41. The Hall–Kier alpha value is -1.89. The highest BCUT2D eigenvalue weighted by Gasteiger charge is 2.41. The van der Waals surface area contributed by atoms with Gasteiger partial charge in [0.2, 0.25) is 0 Å². The van der Waals surface area contributed by atoms with Crippen LogP contribution >= 0.6 is 11.6 Å². The number of piperidine rings is 1. The first-order chi connectivity index (χ1) is 11.7. The van der Waals surface area contributed by atoms with Crippen molar-refractivity contribution in [2.24, 2.45) is 11.8 Å². The van der Waals surface area contributed by atoms with E-state index in [-0.39, 0.29) is 23.1 Å². The van der Waals surface area contributed by atoms with Crippen LogP contribution in [0.3, 0.4) is 0 Å². The van der Waals surface area contributed by atoms with E-state index < -0.39 is 5.60 Å². The van der Waals surface area contributed by atoms with Gasteiger partial charge in [-0.05, 0) is 39.0 Å². The van der Waals surface area contributed by atoms with Crippen molar-refractivity contribution in [3.63, 3.8) is 0 Å². The summed E-state index contributed by atoms with van der Waals surface area (Å²) >= 11 is 5.72. The van der Waals surface area contributed by atoms with Gasteiger partial charge in [0.1, 0.15) is 16.4 Å². The Morgan fingerprint density at radius 2 is 1.80 bits per heavy atom. The topological polar surface area (TPSA) is 75.6 Å². The molecule has 0 unspecified atom stereocenters. The van der Waals surface area contributed by atoms with Crippen LogP contribution in [0.15, 0.2) is 12.4 Å². The van der Waals surface area contributed by atoms with Gasteiger partial charge >= 0.3 is 6.09 Å². The van der Waals surface area contributed by atoms with E-state index in [0.29, 0.717) is 37.8 Å². The molecule has 136 valence electrons. The van der Waals surface area contributed by atoms with Crippen LogP contribution in [0, 0.1) is 11.8 Å². The molecule has 7 nitrogen and oxygen atoms in total. The van der Waals surface area contributed by atoms with E-state index in [2.05, 4.69) is 9.97 Å². The number of hydrogen-bond acceptors (Lipinski definition) is 5. The summed E-state index contributed by atoms with van der Waals surface area (Å²) < 4.78 is 5.46. The average Bonchev–Trinajstić information content (AvgIpc) is 2.96. The second kappa shape index (κ2) is 6.78. The first kappa shape index (κ1) is 17.9. The van der Waals surface area contributed by atoms with Gasteiger partial charge in [-0.15, -0.1) is 0 Å². The summed E-state index contributed by atoms with van der Waals surface area (Å²) in [5, 5.41) is 0.264. The maximum absolute atomic E-state index is 12.6. The summed E-state index contributed by atoms with van der Waals surface area (Å²) in [5.41, 5.74) is -0.203. The zero-order chi connectivity index (χ0) is 18.2. The number of ether oxygens (including phenoxy) is 1. The lowest BCUT2D eigenvalue weighted by Gasteiger charge is -2.35. The number of fused-ring (bicyclic) bond motifs is 1. The summed E-state index contributed by atoms with van der Waals surface area (Å²) in [4.78, 5) is 36.4. The van der Waals surface area contributed by atoms with Gasteiger partial charge in [-0.25, -0.2) is 14.8 Å². The van der Waals surface area contributed by atoms with Crippen molar-refractivity contribution < 1.29 is 14.3 Å². The van der Waals surface area contributed by atoms with Gasteiger partial charge < -0.3 is 14.5 Å². The van der Waals surface area contributed by atoms with Gasteiger partial charge in [0.05, 0.1) is 12.4 Å². The van der Waals surface area contributed by atoms with Gasteiger partial charge in [0, 0.05) is 26.2 Å². The monoisotopic (exact) mass is 366 g/mol. The van der Waals surface area contributed by atoms with Crippen LogP contribution in [0.25, 0.3) is 0 Å². The molecule has 0 aliphatic carbocycles. The number of rotatable bonds is 1. The van der Waals surface area contributed by atoms with Crippen molar-refractivity contribution in [3.05, 3.63) is 23.2 Å². The average molecular weight is 367 g/mol. The van der Waals surface area contributed by atoms with Crippen LogP contribution in [-0.4, -0.2) is 63.5 Å². The minimum Gasteiger partial charge on any atom is -0.444 e. The smallest absolute Gasteiger partial charge is 0.410 e. The van der Waals surface area contributed by atoms with Crippen LogP contribution in [0.4, 0.5) is 4.79 Å². The largest absolute Gasteiger partial charge is 0.444 e. The number of amides is 2. The fourth-order valence-corrected chi connectivity index (χ4v) is 3.51. The molecule has 2 aliphatic rings. The van der Waals surface area contributed by atoms with Gasteiger partial charge in [0.25, 0.3) is 5.91 Å². The van der Waals surface area contributed by atoms with Gasteiger partial charge in [-0.2, -0.15) is 0 Å². The van der Waals surface area contributed by atoms with E-state index in [0.717, 1.165) is 6.42 Å². The summed E-state index contributed by atoms with van der Waals surface area (Å²) in [6, 6.07) is 0. The van der Waals surface area contributed by atoms with E-state index in [1.54, 1.807) is 9.80 Å². The molecule has 1 aromatic heterocycles. The van der Waals surface area contributed by atoms with Crippen molar-refractivity contribution >= 4 is 23.6 Å². The predicted molar refractivity (Wildman–Crippen MR) is 92.3 cm³/mol. The molecule has 3 heterocycles. The number of nitrogens with zero attached hydrogens (tertiary/aromatic N) is 4. The predicted octanol–water partition coefficient (Wildman–Crippen LogP) is 2.46. The first-order valence-corrected chi connectivity index (χ1v) is 8.85. The molecule has 8 heteroatoms. The van der Waals surface area contributed by atoms with Gasteiger partial charge in [-0.3, -0.25) is 4.79 Å². The maximum atomic E-state index is 12.6. The normalized spacial score (nSPS) is 23.4. The number of carbonyl (C=O) groups is 2. The van der Waals surface area contributed by atoms with Crippen LogP contribution in [0.1, 0.15) is 37.7 Å². The summed E-state index contributed by atoms with van der Waals surface area (Å²) in [5.74, 6) is 0.538. The Morgan fingerprint density at radius 3 is 2.44 bits per heavy atom. The quantitative estimate of drug-likeness (QED) is 0.763. The summed E-state index contributed by atoms with van der Waals surface area (Å²) in [6.45, 7) is 8.18. The third kappa shape index (κ3) is 4.21. The zero-order valence-corrected chi connectivity index (χ0v) is 15.5. The molecule has 25 heavy (non-hydrogen) atoms. The molecule has 2 saturated heterocycles. The third-order valence-corrected chi connectivity index (χ3v) is 4.77. The summed E-state index contributed by atoms with van der Waals surface area (Å²) in [7, 11) is 0. The van der Waals surface area contributed by atoms with E-state index in [1.807, 2.05) is 20.8 Å². The molecule has 2 atom stereocenters. The minimum absolute atomic E-state index is 0.137. The molecule has 2 amide bonds. The number of halogens is 1. The van der Waals surface area contributed by atoms with Gasteiger partial charge in [-0.1, -0.05) is 11.6 Å². The molecule has 1 aromatic rings. The zero-order valence-electron chi connectivity index (χ0n) is 14.7. The number of hydrogen-bond donors (Lipinski definition) is 0. The van der Waals surface area contributed by atoms with E-state index >= 15 is 0 Å². The van der Waals surface area contributed by atoms with Crippen LogP contribution in [-0.2, 0) is 4.74 Å². The maximum Gasteiger partial charge on any atom is 0.410 e. The fraction of sp³-hybridized carbons (Fsp3) is 0.647. The van der Waals surface area contributed by atoms with Crippen molar-refractivity contribution in [1.29, 1.82) is 0 Å². The highest BCUT2D eigenvalue weighted by molar-refractivity contribution is 6.29. The SMILES string of the molecule is CC(C)(C)OC(=O)N1CC[C@@H]2CN(C(=O)c3cnc(Cl)cn3)C[C@@H]2C1.